The Bertz CT molecular complexity index is 1290. The lowest BCUT2D eigenvalue weighted by atomic mass is 9.83. The summed E-state index contributed by atoms with van der Waals surface area (Å²) >= 11 is 1.10. The second-order valence-corrected chi connectivity index (χ2v) is 10.7. The quantitative estimate of drug-likeness (QED) is 0.650. The van der Waals surface area contributed by atoms with Gasteiger partial charge in [-0.3, -0.25) is 19.3 Å². The van der Waals surface area contributed by atoms with Gasteiger partial charge in [0.15, 0.2) is 0 Å². The first-order valence-corrected chi connectivity index (χ1v) is 12.3. The molecule has 3 aromatic rings. The standard InChI is InChI=1S/C21H20N4O4S2/c26-20(16-4-1-2-8-22-16)24-11-14-10-15(13-24)18-7-6-17(21(27)25(18)12-14)23-31(28,29)19-5-3-9-30-19/h1-9,14-15,23H,10-13H2/t14-,15+/m0/s1. The number of thiophene rings is 1. The molecule has 5 heterocycles. The molecule has 0 aliphatic carbocycles. The van der Waals surface area contributed by atoms with Gasteiger partial charge in [0.05, 0.1) is 0 Å². The van der Waals surface area contributed by atoms with E-state index >= 15 is 0 Å². The minimum atomic E-state index is -3.79. The van der Waals surface area contributed by atoms with Crippen molar-refractivity contribution in [3.05, 3.63) is 75.8 Å². The van der Waals surface area contributed by atoms with Gasteiger partial charge in [0, 0.05) is 37.4 Å². The zero-order valence-corrected chi connectivity index (χ0v) is 18.1. The highest BCUT2D eigenvalue weighted by molar-refractivity contribution is 7.94. The van der Waals surface area contributed by atoms with Crippen LogP contribution in [0.3, 0.4) is 0 Å². The molecule has 0 aromatic carbocycles. The van der Waals surface area contributed by atoms with Crippen molar-refractivity contribution in [3.8, 4) is 0 Å². The molecule has 1 amide bonds. The number of anilines is 1. The third kappa shape index (κ3) is 3.66. The lowest BCUT2D eigenvalue weighted by Gasteiger charge is -2.42. The molecule has 2 aliphatic rings. The van der Waals surface area contributed by atoms with E-state index < -0.39 is 10.0 Å². The second kappa shape index (κ2) is 7.61. The SMILES string of the molecule is O=C(c1ccccn1)N1C[C@@H]2C[C@H](C1)c1ccc(NS(=O)(=O)c3cccs3)c(=O)n1C2. The molecule has 31 heavy (non-hydrogen) atoms. The number of fused-ring (bicyclic) bond motifs is 4. The summed E-state index contributed by atoms with van der Waals surface area (Å²) in [6.07, 6.45) is 2.50. The third-order valence-electron chi connectivity index (χ3n) is 5.78. The van der Waals surface area contributed by atoms with Crippen LogP contribution in [0.1, 0.15) is 28.5 Å². The van der Waals surface area contributed by atoms with Crippen molar-refractivity contribution in [2.75, 3.05) is 17.8 Å². The maximum absolute atomic E-state index is 13.1. The second-order valence-electron chi connectivity index (χ2n) is 7.85. The van der Waals surface area contributed by atoms with E-state index in [0.717, 1.165) is 23.5 Å². The van der Waals surface area contributed by atoms with Crippen LogP contribution in [-0.2, 0) is 16.6 Å². The van der Waals surface area contributed by atoms with Gasteiger partial charge in [0.1, 0.15) is 15.6 Å². The average molecular weight is 457 g/mol. The number of carbonyl (C=O) groups is 1. The summed E-state index contributed by atoms with van der Waals surface area (Å²) in [6.45, 7) is 1.50. The Morgan fingerprint density at radius 1 is 1.10 bits per heavy atom. The summed E-state index contributed by atoms with van der Waals surface area (Å²) in [5.74, 6) is 0.0444. The Balaban J connectivity index is 1.42. The minimum absolute atomic E-state index is 0.0239. The van der Waals surface area contributed by atoms with Crippen molar-refractivity contribution in [2.45, 2.75) is 23.1 Å². The molecule has 2 atom stereocenters. The normalized spacial score (nSPS) is 20.2. The van der Waals surface area contributed by atoms with E-state index in [0.29, 0.717) is 25.3 Å². The lowest BCUT2D eigenvalue weighted by Crippen LogP contribution is -2.49. The van der Waals surface area contributed by atoms with Crippen LogP contribution < -0.4 is 10.3 Å². The first kappa shape index (κ1) is 20.0. The Kier molecular flexibility index (Phi) is 4.90. The minimum Gasteiger partial charge on any atom is -0.336 e. The number of rotatable bonds is 4. The number of hydrogen-bond acceptors (Lipinski definition) is 6. The summed E-state index contributed by atoms with van der Waals surface area (Å²) in [4.78, 5) is 31.9. The first-order valence-electron chi connectivity index (χ1n) is 9.93. The predicted molar refractivity (Wildman–Crippen MR) is 117 cm³/mol. The van der Waals surface area contributed by atoms with Crippen molar-refractivity contribution < 1.29 is 13.2 Å². The number of nitrogens with one attached hydrogen (secondary N) is 1. The number of sulfonamides is 1. The number of piperidine rings is 1. The van der Waals surface area contributed by atoms with E-state index in [2.05, 4.69) is 9.71 Å². The summed E-state index contributed by atoms with van der Waals surface area (Å²) in [6, 6.07) is 11.7. The van der Waals surface area contributed by atoms with E-state index in [1.54, 1.807) is 46.5 Å². The van der Waals surface area contributed by atoms with Crippen LogP contribution in [0.4, 0.5) is 5.69 Å². The fraction of sp³-hybridized carbons (Fsp3) is 0.286. The zero-order valence-electron chi connectivity index (χ0n) is 16.5. The third-order valence-corrected chi connectivity index (χ3v) is 8.54. The number of nitrogens with zero attached hydrogens (tertiary/aromatic N) is 3. The van der Waals surface area contributed by atoms with Gasteiger partial charge in [-0.05, 0) is 48.1 Å². The molecule has 1 N–H and O–H groups in total. The molecule has 3 aromatic heterocycles. The van der Waals surface area contributed by atoms with Crippen molar-refractivity contribution in [2.24, 2.45) is 5.92 Å². The van der Waals surface area contributed by atoms with E-state index in [1.165, 1.54) is 12.1 Å². The summed E-state index contributed by atoms with van der Waals surface area (Å²) in [7, 11) is -3.79. The predicted octanol–water partition coefficient (Wildman–Crippen LogP) is 2.37. The Morgan fingerprint density at radius 2 is 1.97 bits per heavy atom. The molecule has 0 unspecified atom stereocenters. The largest absolute Gasteiger partial charge is 0.336 e. The van der Waals surface area contributed by atoms with Crippen LogP contribution in [0, 0.1) is 5.92 Å². The highest BCUT2D eigenvalue weighted by Crippen LogP contribution is 2.36. The van der Waals surface area contributed by atoms with Crippen LogP contribution in [0.5, 0.6) is 0 Å². The average Bonchev–Trinajstić information content (AvgIpc) is 3.32. The van der Waals surface area contributed by atoms with Crippen LogP contribution in [0.2, 0.25) is 0 Å². The first-order chi connectivity index (χ1) is 14.9. The van der Waals surface area contributed by atoms with Crippen molar-refractivity contribution in [1.82, 2.24) is 14.5 Å². The highest BCUT2D eigenvalue weighted by atomic mass is 32.2. The van der Waals surface area contributed by atoms with Crippen LogP contribution in [0.15, 0.2) is 63.0 Å². The zero-order chi connectivity index (χ0) is 21.6. The monoisotopic (exact) mass is 456 g/mol. The van der Waals surface area contributed by atoms with Crippen molar-refractivity contribution in [3.63, 3.8) is 0 Å². The van der Waals surface area contributed by atoms with Crippen molar-refractivity contribution in [1.29, 1.82) is 0 Å². The van der Waals surface area contributed by atoms with Crippen LogP contribution >= 0.6 is 11.3 Å². The Morgan fingerprint density at radius 3 is 2.71 bits per heavy atom. The molecule has 160 valence electrons. The summed E-state index contributed by atoms with van der Waals surface area (Å²) in [5.41, 5.74) is 0.937. The van der Waals surface area contributed by atoms with Crippen LogP contribution in [0.25, 0.3) is 0 Å². The van der Waals surface area contributed by atoms with Gasteiger partial charge in [-0.15, -0.1) is 11.3 Å². The highest BCUT2D eigenvalue weighted by Gasteiger charge is 2.37. The molecule has 1 saturated heterocycles. The molecule has 8 nitrogen and oxygen atoms in total. The maximum atomic E-state index is 13.1. The number of likely N-dealkylation sites (tertiary alicyclic amines) is 1. The van der Waals surface area contributed by atoms with Crippen molar-refractivity contribution >= 4 is 33.0 Å². The molecule has 0 spiro atoms. The Hall–Kier alpha value is -2.98. The fourth-order valence-electron chi connectivity index (χ4n) is 4.45. The molecule has 2 aliphatic heterocycles. The van der Waals surface area contributed by atoms with Gasteiger partial charge in [-0.2, -0.15) is 0 Å². The molecular weight excluding hydrogens is 436 g/mol. The van der Waals surface area contributed by atoms with E-state index in [-0.39, 0.29) is 33.2 Å². The van der Waals surface area contributed by atoms with E-state index in [9.17, 15) is 18.0 Å². The van der Waals surface area contributed by atoms with Gasteiger partial charge in [0.2, 0.25) is 0 Å². The molecule has 0 saturated carbocycles. The molecular formula is C21H20N4O4S2. The van der Waals surface area contributed by atoms with Gasteiger partial charge in [0.25, 0.3) is 21.5 Å². The lowest BCUT2D eigenvalue weighted by molar-refractivity contribution is 0.0589. The smallest absolute Gasteiger partial charge is 0.275 e. The molecule has 10 heteroatoms. The number of carbonyl (C=O) groups excluding carboxylic acids is 1. The van der Waals surface area contributed by atoms with Crippen LogP contribution in [-0.4, -0.2) is 41.9 Å². The molecule has 2 bridgehead atoms. The number of amides is 1. The number of pyridine rings is 2. The molecule has 5 rings (SSSR count). The topological polar surface area (TPSA) is 101 Å². The fourth-order valence-corrected chi connectivity index (χ4v) is 6.50. The van der Waals surface area contributed by atoms with Gasteiger partial charge in [-0.25, -0.2) is 8.42 Å². The van der Waals surface area contributed by atoms with Gasteiger partial charge >= 0.3 is 0 Å². The summed E-state index contributed by atoms with van der Waals surface area (Å²) in [5, 5.41) is 1.67. The number of hydrogen-bond donors (Lipinski definition) is 1. The maximum Gasteiger partial charge on any atom is 0.275 e. The van der Waals surface area contributed by atoms with Gasteiger partial charge in [-0.1, -0.05) is 12.1 Å². The van der Waals surface area contributed by atoms with Gasteiger partial charge < -0.3 is 9.47 Å². The number of aromatic nitrogens is 2. The van der Waals surface area contributed by atoms with E-state index in [4.69, 9.17) is 0 Å². The Labute approximate surface area is 183 Å². The molecule has 1 fully saturated rings. The summed E-state index contributed by atoms with van der Waals surface area (Å²) < 4.78 is 29.3. The van der Waals surface area contributed by atoms with E-state index in [1.807, 2.05) is 4.90 Å². The molecule has 0 radical (unpaired) electrons.